The number of hydrogen-bond donors (Lipinski definition) is 1. The molecule has 3 heterocycles. The van der Waals surface area contributed by atoms with E-state index in [0.717, 1.165) is 71.1 Å². The molecule has 0 aromatic heterocycles. The number of carbonyl (C=O) groups excluding carboxylic acids is 1. The predicted molar refractivity (Wildman–Crippen MR) is 95.6 cm³/mol. The fourth-order valence-corrected chi connectivity index (χ4v) is 4.84. The SMILES string of the molecule is CCNC(=O)N1CCC(N2C[C@H](OCC3CC3)C23CCOCC3)CC1. The molecule has 1 N–H and O–H groups in total. The zero-order valence-electron chi connectivity index (χ0n) is 15.5. The van der Waals surface area contributed by atoms with Crippen LogP contribution in [0, 0.1) is 5.92 Å². The maximum Gasteiger partial charge on any atom is 0.317 e. The van der Waals surface area contributed by atoms with E-state index in [1.165, 1.54) is 12.8 Å². The summed E-state index contributed by atoms with van der Waals surface area (Å²) in [6.07, 6.45) is 7.44. The molecule has 142 valence electrons. The smallest absolute Gasteiger partial charge is 0.317 e. The summed E-state index contributed by atoms with van der Waals surface area (Å²) in [6, 6.07) is 0.681. The van der Waals surface area contributed by atoms with Crippen molar-refractivity contribution in [2.45, 2.75) is 63.1 Å². The van der Waals surface area contributed by atoms with Crippen LogP contribution < -0.4 is 5.32 Å². The van der Waals surface area contributed by atoms with Gasteiger partial charge in [0, 0.05) is 52.0 Å². The van der Waals surface area contributed by atoms with Crippen LogP contribution >= 0.6 is 0 Å². The first-order valence-electron chi connectivity index (χ1n) is 10.2. The number of nitrogens with one attached hydrogen (secondary N) is 1. The summed E-state index contributed by atoms with van der Waals surface area (Å²) < 4.78 is 12.0. The second kappa shape index (κ2) is 7.41. The highest BCUT2D eigenvalue weighted by Crippen LogP contribution is 2.45. The fraction of sp³-hybridized carbons (Fsp3) is 0.947. The van der Waals surface area contributed by atoms with E-state index in [0.29, 0.717) is 18.7 Å². The Morgan fingerprint density at radius 1 is 1.20 bits per heavy atom. The van der Waals surface area contributed by atoms with E-state index >= 15 is 0 Å². The molecule has 1 spiro atoms. The molecule has 0 aromatic carbocycles. The predicted octanol–water partition coefficient (Wildman–Crippen LogP) is 1.84. The molecule has 25 heavy (non-hydrogen) atoms. The molecular formula is C19H33N3O3. The third-order valence-corrected chi connectivity index (χ3v) is 6.64. The van der Waals surface area contributed by atoms with Crippen LogP contribution in [-0.4, -0.2) is 79.5 Å². The molecule has 6 nitrogen and oxygen atoms in total. The van der Waals surface area contributed by atoms with Gasteiger partial charge in [-0.15, -0.1) is 0 Å². The zero-order chi connectivity index (χ0) is 17.3. The monoisotopic (exact) mass is 351 g/mol. The van der Waals surface area contributed by atoms with Crippen LogP contribution in [0.5, 0.6) is 0 Å². The number of piperidine rings is 1. The Balaban J connectivity index is 1.34. The normalized spacial score (nSPS) is 30.3. The summed E-state index contributed by atoms with van der Waals surface area (Å²) in [5, 5.41) is 2.92. The van der Waals surface area contributed by atoms with Crippen LogP contribution in [0.3, 0.4) is 0 Å². The first-order valence-corrected chi connectivity index (χ1v) is 10.2. The van der Waals surface area contributed by atoms with Gasteiger partial charge in [-0.2, -0.15) is 0 Å². The molecule has 1 aliphatic carbocycles. The van der Waals surface area contributed by atoms with Crippen molar-refractivity contribution >= 4 is 6.03 Å². The zero-order valence-corrected chi connectivity index (χ0v) is 15.5. The minimum absolute atomic E-state index is 0.0935. The lowest BCUT2D eigenvalue weighted by Gasteiger charge is -2.63. The van der Waals surface area contributed by atoms with Crippen LogP contribution in [-0.2, 0) is 9.47 Å². The molecular weight excluding hydrogens is 318 g/mol. The number of hydrogen-bond acceptors (Lipinski definition) is 4. The van der Waals surface area contributed by atoms with Crippen molar-refractivity contribution in [3.05, 3.63) is 0 Å². The first-order chi connectivity index (χ1) is 12.2. The van der Waals surface area contributed by atoms with Gasteiger partial charge in [0.1, 0.15) is 0 Å². The molecule has 1 atom stereocenters. The Hall–Kier alpha value is -0.850. The number of likely N-dealkylation sites (tertiary alicyclic amines) is 2. The standard InChI is InChI=1S/C19H33N3O3/c1-2-20-18(23)21-9-5-16(6-10-21)22-13-17(25-14-15-3-4-15)19(22)7-11-24-12-8-19/h15-17H,2-14H2,1H3,(H,20,23)/t17-/m0/s1. The Morgan fingerprint density at radius 3 is 2.56 bits per heavy atom. The van der Waals surface area contributed by atoms with Crippen LogP contribution in [0.2, 0.25) is 0 Å². The summed E-state index contributed by atoms with van der Waals surface area (Å²) >= 11 is 0. The minimum atomic E-state index is 0.0935. The maximum atomic E-state index is 12.0. The lowest BCUT2D eigenvalue weighted by molar-refractivity contribution is -0.217. The molecule has 1 saturated carbocycles. The molecule has 0 bridgehead atoms. The van der Waals surface area contributed by atoms with Crippen molar-refractivity contribution in [1.29, 1.82) is 0 Å². The third kappa shape index (κ3) is 3.53. The van der Waals surface area contributed by atoms with Gasteiger partial charge in [0.15, 0.2) is 0 Å². The highest BCUT2D eigenvalue weighted by atomic mass is 16.5. The number of ether oxygens (including phenoxy) is 2. The molecule has 6 heteroatoms. The summed E-state index contributed by atoms with van der Waals surface area (Å²) in [6.45, 7) is 8.15. The van der Waals surface area contributed by atoms with E-state index < -0.39 is 0 Å². The average Bonchev–Trinajstić information content (AvgIpc) is 3.46. The van der Waals surface area contributed by atoms with E-state index in [1.54, 1.807) is 0 Å². The van der Waals surface area contributed by atoms with Gasteiger partial charge in [0.2, 0.25) is 0 Å². The Labute approximate surface area is 151 Å². The molecule has 3 saturated heterocycles. The van der Waals surface area contributed by atoms with Crippen molar-refractivity contribution in [1.82, 2.24) is 15.1 Å². The van der Waals surface area contributed by atoms with Gasteiger partial charge in [0.25, 0.3) is 0 Å². The van der Waals surface area contributed by atoms with Gasteiger partial charge < -0.3 is 19.7 Å². The third-order valence-electron chi connectivity index (χ3n) is 6.64. The van der Waals surface area contributed by atoms with Crippen molar-refractivity contribution in [3.8, 4) is 0 Å². The van der Waals surface area contributed by atoms with Crippen LogP contribution in [0.25, 0.3) is 0 Å². The number of carbonyl (C=O) groups is 1. The van der Waals surface area contributed by atoms with E-state index in [1.807, 2.05) is 11.8 Å². The second-order valence-electron chi connectivity index (χ2n) is 8.19. The number of urea groups is 1. The van der Waals surface area contributed by atoms with Gasteiger partial charge in [-0.1, -0.05) is 0 Å². The van der Waals surface area contributed by atoms with Crippen molar-refractivity contribution < 1.29 is 14.3 Å². The summed E-state index contributed by atoms with van der Waals surface area (Å²) in [4.78, 5) is 16.7. The lowest BCUT2D eigenvalue weighted by Crippen LogP contribution is -2.76. The van der Waals surface area contributed by atoms with Gasteiger partial charge >= 0.3 is 6.03 Å². The van der Waals surface area contributed by atoms with E-state index in [4.69, 9.17) is 9.47 Å². The van der Waals surface area contributed by atoms with Crippen molar-refractivity contribution in [3.63, 3.8) is 0 Å². The van der Waals surface area contributed by atoms with Crippen LogP contribution in [0.4, 0.5) is 4.79 Å². The van der Waals surface area contributed by atoms with E-state index in [-0.39, 0.29) is 11.6 Å². The van der Waals surface area contributed by atoms with E-state index in [2.05, 4.69) is 10.2 Å². The molecule has 0 radical (unpaired) electrons. The topological polar surface area (TPSA) is 54.0 Å². The number of nitrogens with zero attached hydrogens (tertiary/aromatic N) is 2. The molecule has 0 aromatic rings. The molecule has 0 unspecified atom stereocenters. The fourth-order valence-electron chi connectivity index (χ4n) is 4.84. The highest BCUT2D eigenvalue weighted by Gasteiger charge is 2.57. The largest absolute Gasteiger partial charge is 0.381 e. The second-order valence-corrected chi connectivity index (χ2v) is 8.19. The van der Waals surface area contributed by atoms with Gasteiger partial charge in [0.05, 0.1) is 11.6 Å². The highest BCUT2D eigenvalue weighted by molar-refractivity contribution is 5.74. The summed E-state index contributed by atoms with van der Waals surface area (Å²) in [7, 11) is 0. The van der Waals surface area contributed by atoms with Crippen molar-refractivity contribution in [2.75, 3.05) is 46.0 Å². The summed E-state index contributed by atoms with van der Waals surface area (Å²) in [5.74, 6) is 0.825. The maximum absolute atomic E-state index is 12.0. The molecule has 4 fully saturated rings. The van der Waals surface area contributed by atoms with Crippen LogP contribution in [0.15, 0.2) is 0 Å². The lowest BCUT2D eigenvalue weighted by atomic mass is 9.73. The molecule has 4 rings (SSSR count). The summed E-state index contributed by atoms with van der Waals surface area (Å²) in [5.41, 5.74) is 0.200. The van der Waals surface area contributed by atoms with Crippen LogP contribution in [0.1, 0.15) is 45.4 Å². The Morgan fingerprint density at radius 2 is 1.92 bits per heavy atom. The average molecular weight is 351 g/mol. The molecule has 2 amide bonds. The Bertz CT molecular complexity index is 469. The molecule has 3 aliphatic heterocycles. The van der Waals surface area contributed by atoms with Gasteiger partial charge in [-0.3, -0.25) is 4.90 Å². The Kier molecular flexibility index (Phi) is 5.20. The van der Waals surface area contributed by atoms with Gasteiger partial charge in [-0.05, 0) is 51.4 Å². The van der Waals surface area contributed by atoms with Crippen molar-refractivity contribution in [2.24, 2.45) is 5.92 Å². The minimum Gasteiger partial charge on any atom is -0.381 e. The number of amides is 2. The molecule has 4 aliphatic rings. The quantitative estimate of drug-likeness (QED) is 0.821. The van der Waals surface area contributed by atoms with Gasteiger partial charge in [-0.25, -0.2) is 4.79 Å². The first kappa shape index (κ1) is 17.6. The van der Waals surface area contributed by atoms with E-state index in [9.17, 15) is 4.79 Å². The number of rotatable bonds is 5.